The number of rotatable bonds is 7. The van der Waals surface area contributed by atoms with E-state index in [1.54, 1.807) is 0 Å². The van der Waals surface area contributed by atoms with Crippen LogP contribution in [0.2, 0.25) is 0 Å². The van der Waals surface area contributed by atoms with E-state index in [1.807, 2.05) is 6.07 Å². The van der Waals surface area contributed by atoms with Crippen LogP contribution in [0.4, 0.5) is 17.1 Å². The first-order valence-electron chi connectivity index (χ1n) is 21.7. The molecule has 0 saturated heterocycles. The molecule has 0 aliphatic heterocycles. The molecule has 13 rings (SSSR count). The molecule has 0 spiro atoms. The normalized spacial score (nSPS) is 11.8. The summed E-state index contributed by atoms with van der Waals surface area (Å²) in [6.07, 6.45) is 0. The van der Waals surface area contributed by atoms with Crippen molar-refractivity contribution in [2.75, 3.05) is 4.90 Å². The molecule has 0 saturated carbocycles. The third-order valence-corrected chi connectivity index (χ3v) is 12.7. The number of hydrogen-bond donors (Lipinski definition) is 0. The Morgan fingerprint density at radius 2 is 0.797 bits per heavy atom. The first-order chi connectivity index (χ1) is 31.8. The monoisotopic (exact) mass is 819 g/mol. The maximum atomic E-state index is 7.16. The van der Waals surface area contributed by atoms with Crippen LogP contribution >= 0.6 is 0 Å². The number of hydrogen-bond acceptors (Lipinski definition) is 4. The summed E-state index contributed by atoms with van der Waals surface area (Å²) in [5, 5.41) is 6.13. The number of fused-ring (bicyclic) bond motifs is 9. The highest BCUT2D eigenvalue weighted by Crippen LogP contribution is 2.54. The molecule has 0 aliphatic carbocycles. The molecule has 13 aromatic rings. The van der Waals surface area contributed by atoms with E-state index in [1.165, 1.54) is 0 Å². The van der Waals surface area contributed by atoms with Gasteiger partial charge in [0.05, 0.1) is 33.2 Å². The van der Waals surface area contributed by atoms with E-state index in [2.05, 4.69) is 223 Å². The molecule has 0 bridgehead atoms. The van der Waals surface area contributed by atoms with Crippen LogP contribution in [0.15, 0.2) is 238 Å². The van der Waals surface area contributed by atoms with Crippen LogP contribution in [-0.4, -0.2) is 0 Å². The second kappa shape index (κ2) is 14.5. The Bertz CT molecular complexity index is 3880. The molecule has 0 aliphatic rings. The number of anilines is 3. The van der Waals surface area contributed by atoms with Gasteiger partial charge in [0.15, 0.2) is 0 Å². The molecular weight excluding hydrogens is 783 g/mol. The molecule has 0 atom stereocenters. The lowest BCUT2D eigenvalue weighted by atomic mass is 9.94. The van der Waals surface area contributed by atoms with Gasteiger partial charge < -0.3 is 18.2 Å². The summed E-state index contributed by atoms with van der Waals surface area (Å²) in [6.45, 7) is 0. The van der Waals surface area contributed by atoms with Crippen LogP contribution in [0, 0.1) is 0 Å². The maximum Gasteiger partial charge on any atom is 0.145 e. The van der Waals surface area contributed by atoms with Gasteiger partial charge in [-0.25, -0.2) is 0 Å². The Hall–Kier alpha value is -8.60. The van der Waals surface area contributed by atoms with Crippen LogP contribution in [0.1, 0.15) is 0 Å². The fourth-order valence-electron chi connectivity index (χ4n) is 9.82. The zero-order valence-electron chi connectivity index (χ0n) is 34.5. The minimum Gasteiger partial charge on any atom is -0.456 e. The Balaban J connectivity index is 1.21. The third-order valence-electron chi connectivity index (χ3n) is 12.7. The highest BCUT2D eigenvalue weighted by atomic mass is 16.3. The summed E-state index contributed by atoms with van der Waals surface area (Å²) in [6, 6.07) is 78.9. The molecule has 10 aromatic carbocycles. The summed E-state index contributed by atoms with van der Waals surface area (Å²) in [5.41, 5.74) is 16.5. The molecule has 0 unspecified atom stereocenters. The van der Waals surface area contributed by atoms with Gasteiger partial charge in [-0.2, -0.15) is 0 Å². The van der Waals surface area contributed by atoms with E-state index in [0.717, 1.165) is 127 Å². The Kier molecular flexibility index (Phi) is 8.18. The molecule has 3 aromatic heterocycles. The molecular formula is C60H37NO3. The molecule has 0 fully saturated rings. The molecule has 0 radical (unpaired) electrons. The lowest BCUT2D eigenvalue weighted by Crippen LogP contribution is -2.13. The quantitative estimate of drug-likeness (QED) is 0.161. The highest BCUT2D eigenvalue weighted by molar-refractivity contribution is 6.25. The van der Waals surface area contributed by atoms with Gasteiger partial charge in [-0.05, 0) is 82.4 Å². The first kappa shape index (κ1) is 36.1. The van der Waals surface area contributed by atoms with Crippen molar-refractivity contribution in [2.24, 2.45) is 0 Å². The zero-order chi connectivity index (χ0) is 42.1. The number of para-hydroxylation sites is 2. The van der Waals surface area contributed by atoms with Crippen LogP contribution in [-0.2, 0) is 0 Å². The third kappa shape index (κ3) is 5.63. The minimum absolute atomic E-state index is 0.795. The van der Waals surface area contributed by atoms with E-state index in [9.17, 15) is 0 Å². The van der Waals surface area contributed by atoms with Crippen molar-refractivity contribution in [1.82, 2.24) is 0 Å². The van der Waals surface area contributed by atoms with Gasteiger partial charge in [0.1, 0.15) is 33.5 Å². The number of furan rings is 3. The van der Waals surface area contributed by atoms with Gasteiger partial charge in [0.25, 0.3) is 0 Å². The van der Waals surface area contributed by atoms with Crippen molar-refractivity contribution in [3.8, 4) is 44.5 Å². The van der Waals surface area contributed by atoms with Gasteiger partial charge in [0.2, 0.25) is 0 Å². The molecule has 300 valence electrons. The summed E-state index contributed by atoms with van der Waals surface area (Å²) in [4.78, 5) is 2.45. The largest absolute Gasteiger partial charge is 0.456 e. The van der Waals surface area contributed by atoms with Crippen molar-refractivity contribution in [3.05, 3.63) is 224 Å². The maximum absolute atomic E-state index is 7.16. The molecule has 4 nitrogen and oxygen atoms in total. The highest BCUT2D eigenvalue weighted by Gasteiger charge is 2.30. The minimum atomic E-state index is 0.795. The van der Waals surface area contributed by atoms with Crippen LogP contribution in [0.3, 0.4) is 0 Å². The predicted octanol–water partition coefficient (Wildman–Crippen LogP) is 17.5. The average Bonchev–Trinajstić information content (AvgIpc) is 4.07. The molecule has 64 heavy (non-hydrogen) atoms. The van der Waals surface area contributed by atoms with Gasteiger partial charge >= 0.3 is 0 Å². The Labute approximate surface area is 368 Å². The summed E-state index contributed by atoms with van der Waals surface area (Å²) >= 11 is 0. The van der Waals surface area contributed by atoms with Crippen LogP contribution in [0.25, 0.3) is 110 Å². The molecule has 0 amide bonds. The predicted molar refractivity (Wildman–Crippen MR) is 265 cm³/mol. The lowest BCUT2D eigenvalue weighted by molar-refractivity contribution is 0.669. The van der Waals surface area contributed by atoms with Crippen LogP contribution < -0.4 is 4.90 Å². The van der Waals surface area contributed by atoms with E-state index >= 15 is 0 Å². The van der Waals surface area contributed by atoms with Gasteiger partial charge in [-0.3, -0.25) is 0 Å². The summed E-state index contributed by atoms with van der Waals surface area (Å²) in [5.74, 6) is 0. The lowest BCUT2D eigenvalue weighted by Gasteiger charge is -2.30. The molecule has 3 heterocycles. The van der Waals surface area contributed by atoms with Crippen molar-refractivity contribution >= 4 is 82.9 Å². The zero-order valence-corrected chi connectivity index (χ0v) is 34.5. The second-order valence-electron chi connectivity index (χ2n) is 16.3. The van der Waals surface area contributed by atoms with E-state index in [0.29, 0.717) is 0 Å². The molecule has 0 N–H and O–H groups in total. The molecule has 4 heteroatoms. The Morgan fingerprint density at radius 3 is 1.53 bits per heavy atom. The SMILES string of the molecule is c1ccc(-c2ccc3c(c2)oc2c(-c4ccccc4)ccc(N(c4cccc5oc6ccccc6c45)c4c(-c5ccccc5)ccc5oc6c(-c7ccccc7)cccc6c45)c23)cc1. The first-order valence-corrected chi connectivity index (χ1v) is 21.7. The number of benzene rings is 10. The van der Waals surface area contributed by atoms with E-state index < -0.39 is 0 Å². The van der Waals surface area contributed by atoms with Gasteiger partial charge in [-0.15, -0.1) is 0 Å². The van der Waals surface area contributed by atoms with Crippen molar-refractivity contribution in [3.63, 3.8) is 0 Å². The standard InChI is InChI=1S/C60H37NO3/c1-5-17-38(18-6-1)42-31-32-47-54(37-42)64-60-45(41-23-11-4-12-24-41)33-35-50(56(47)60)61(49-28-16-30-52-55(49)46-25-13-14-29-51(46)62-52)58-43(39-19-7-2-8-20-39)34-36-53-57(58)48-27-15-26-44(59(48)63-53)40-21-9-3-10-22-40/h1-37H. The average molecular weight is 820 g/mol. The number of nitrogens with zero attached hydrogens (tertiary/aromatic N) is 1. The van der Waals surface area contributed by atoms with E-state index in [4.69, 9.17) is 13.3 Å². The van der Waals surface area contributed by atoms with Crippen molar-refractivity contribution < 1.29 is 13.3 Å². The summed E-state index contributed by atoms with van der Waals surface area (Å²) < 4.78 is 20.9. The Morgan fingerprint density at radius 1 is 0.266 bits per heavy atom. The fourth-order valence-corrected chi connectivity index (χ4v) is 9.82. The smallest absolute Gasteiger partial charge is 0.145 e. The van der Waals surface area contributed by atoms with Gasteiger partial charge in [-0.1, -0.05) is 170 Å². The van der Waals surface area contributed by atoms with E-state index in [-0.39, 0.29) is 0 Å². The summed E-state index contributed by atoms with van der Waals surface area (Å²) in [7, 11) is 0. The van der Waals surface area contributed by atoms with Crippen molar-refractivity contribution in [2.45, 2.75) is 0 Å². The van der Waals surface area contributed by atoms with Gasteiger partial charge in [0, 0.05) is 32.8 Å². The van der Waals surface area contributed by atoms with Crippen LogP contribution in [0.5, 0.6) is 0 Å². The fraction of sp³-hybridized carbons (Fsp3) is 0. The van der Waals surface area contributed by atoms with Crippen molar-refractivity contribution in [1.29, 1.82) is 0 Å². The topological polar surface area (TPSA) is 42.7 Å². The second-order valence-corrected chi connectivity index (χ2v) is 16.3.